The third kappa shape index (κ3) is 3.53. The molecule has 0 saturated carbocycles. The molecule has 2 aromatic carbocycles. The van der Waals surface area contributed by atoms with Crippen molar-refractivity contribution in [2.45, 2.75) is 23.2 Å². The number of hydrogen-bond acceptors (Lipinski definition) is 3. The molecule has 0 aromatic heterocycles. The Hall–Kier alpha value is -2.38. The van der Waals surface area contributed by atoms with Crippen LogP contribution in [0.2, 0.25) is 0 Å². The van der Waals surface area contributed by atoms with Crippen LogP contribution in [-0.2, 0) is 9.84 Å². The van der Waals surface area contributed by atoms with Crippen LogP contribution < -0.4 is 0 Å². The minimum absolute atomic E-state index is 0.538. The molecule has 0 radical (unpaired) electrons. The minimum Gasteiger partial charge on any atom is -0.306 e. The first-order valence-corrected chi connectivity index (χ1v) is 10.8. The van der Waals surface area contributed by atoms with E-state index in [0.717, 1.165) is 54.3 Å². The van der Waals surface area contributed by atoms with Crippen LogP contribution in [0.3, 0.4) is 0 Å². The van der Waals surface area contributed by atoms with Gasteiger partial charge in [-0.25, -0.2) is 8.42 Å². The highest BCUT2D eigenvalue weighted by Crippen LogP contribution is 2.40. The van der Waals surface area contributed by atoms with E-state index in [1.54, 1.807) is 0 Å². The standard InChI is InChI=1S/C22H20F3NO2S/c1-26-12-10-17(11-13-26)21-19-5-3-2-4-15(19)6-7-16-8-9-18(14-20(16)21)29(27,28)22(23,24)25/h2-9,14H,10-13H2,1H3. The summed E-state index contributed by atoms with van der Waals surface area (Å²) in [4.78, 5) is 1.48. The van der Waals surface area contributed by atoms with Gasteiger partial charge in [-0.3, -0.25) is 0 Å². The molecule has 29 heavy (non-hydrogen) atoms. The van der Waals surface area contributed by atoms with Crippen molar-refractivity contribution in [3.05, 3.63) is 70.3 Å². The second-order valence-corrected chi connectivity index (χ2v) is 9.34. The van der Waals surface area contributed by atoms with E-state index < -0.39 is 20.2 Å². The average molecular weight is 419 g/mol. The number of benzene rings is 2. The lowest BCUT2D eigenvalue weighted by Gasteiger charge is -2.27. The molecule has 0 N–H and O–H groups in total. The lowest BCUT2D eigenvalue weighted by atomic mass is 9.86. The van der Waals surface area contributed by atoms with Gasteiger partial charge < -0.3 is 4.90 Å². The van der Waals surface area contributed by atoms with Crippen molar-refractivity contribution < 1.29 is 21.6 Å². The topological polar surface area (TPSA) is 37.4 Å². The highest BCUT2D eigenvalue weighted by molar-refractivity contribution is 7.92. The fourth-order valence-corrected chi connectivity index (χ4v) is 4.70. The molecule has 1 fully saturated rings. The lowest BCUT2D eigenvalue weighted by molar-refractivity contribution is -0.0436. The molecular formula is C22H20F3NO2S. The third-order valence-electron chi connectivity index (χ3n) is 5.53. The van der Waals surface area contributed by atoms with Crippen LogP contribution in [0.25, 0.3) is 17.7 Å². The lowest BCUT2D eigenvalue weighted by Crippen LogP contribution is -2.27. The first-order valence-electron chi connectivity index (χ1n) is 9.32. The van der Waals surface area contributed by atoms with Crippen molar-refractivity contribution in [3.8, 4) is 0 Å². The summed E-state index contributed by atoms with van der Waals surface area (Å²) in [7, 11) is -3.38. The van der Waals surface area contributed by atoms with E-state index in [1.165, 1.54) is 12.1 Å². The summed E-state index contributed by atoms with van der Waals surface area (Å²) in [6.07, 6.45) is 5.33. The van der Waals surface area contributed by atoms with Gasteiger partial charge in [0.25, 0.3) is 9.84 Å². The van der Waals surface area contributed by atoms with Crippen molar-refractivity contribution in [2.24, 2.45) is 0 Å². The highest BCUT2D eigenvalue weighted by atomic mass is 32.2. The van der Waals surface area contributed by atoms with E-state index in [4.69, 9.17) is 0 Å². The Labute approximate surface area is 168 Å². The highest BCUT2D eigenvalue weighted by Gasteiger charge is 2.47. The molecule has 1 aliphatic heterocycles. The summed E-state index contributed by atoms with van der Waals surface area (Å²) in [5.74, 6) is 0. The monoisotopic (exact) mass is 419 g/mol. The quantitative estimate of drug-likeness (QED) is 0.558. The van der Waals surface area contributed by atoms with Gasteiger partial charge in [-0.05, 0) is 59.8 Å². The Morgan fingerprint density at radius 2 is 1.52 bits per heavy atom. The summed E-state index contributed by atoms with van der Waals surface area (Å²) in [6, 6.07) is 11.4. The second-order valence-electron chi connectivity index (χ2n) is 7.40. The Morgan fingerprint density at radius 1 is 0.897 bits per heavy atom. The molecule has 2 aliphatic rings. The molecule has 0 spiro atoms. The first kappa shape index (κ1) is 19.9. The Balaban J connectivity index is 1.98. The van der Waals surface area contributed by atoms with E-state index >= 15 is 0 Å². The number of nitrogens with zero attached hydrogens (tertiary/aromatic N) is 1. The second kappa shape index (κ2) is 7.15. The number of likely N-dealkylation sites (tertiary alicyclic amines) is 1. The number of rotatable bonds is 1. The molecule has 1 heterocycles. The zero-order chi connectivity index (χ0) is 20.8. The maximum absolute atomic E-state index is 13.1. The summed E-state index contributed by atoms with van der Waals surface area (Å²) < 4.78 is 63.5. The Bertz CT molecular complexity index is 1120. The van der Waals surface area contributed by atoms with Gasteiger partial charge in [0.05, 0.1) is 4.90 Å². The Morgan fingerprint density at radius 3 is 2.17 bits per heavy atom. The van der Waals surface area contributed by atoms with E-state index in [-0.39, 0.29) is 0 Å². The van der Waals surface area contributed by atoms with Crippen LogP contribution >= 0.6 is 0 Å². The molecule has 3 nitrogen and oxygen atoms in total. The number of hydrogen-bond donors (Lipinski definition) is 0. The van der Waals surface area contributed by atoms with Gasteiger partial charge in [-0.2, -0.15) is 13.2 Å². The van der Waals surface area contributed by atoms with Gasteiger partial charge in [0, 0.05) is 13.1 Å². The van der Waals surface area contributed by atoms with E-state index in [1.807, 2.05) is 43.5 Å². The normalized spacial score (nSPS) is 17.7. The van der Waals surface area contributed by atoms with Gasteiger partial charge in [-0.1, -0.05) is 48.1 Å². The number of alkyl halides is 3. The van der Waals surface area contributed by atoms with E-state index in [0.29, 0.717) is 11.1 Å². The first-order chi connectivity index (χ1) is 13.7. The molecule has 7 heteroatoms. The summed E-state index contributed by atoms with van der Waals surface area (Å²) in [6.45, 7) is 1.70. The molecule has 1 aliphatic carbocycles. The minimum atomic E-state index is -5.42. The van der Waals surface area contributed by atoms with Crippen LogP contribution in [-0.4, -0.2) is 39.0 Å². The SMILES string of the molecule is CN1CCC(=C2c3ccccc3C=Cc3ccc(S(=O)(=O)C(F)(F)F)cc32)CC1. The smallest absolute Gasteiger partial charge is 0.306 e. The van der Waals surface area contributed by atoms with E-state index in [9.17, 15) is 21.6 Å². The van der Waals surface area contributed by atoms with E-state index in [2.05, 4.69) is 4.90 Å². The summed E-state index contributed by atoms with van der Waals surface area (Å²) in [5, 5.41) is 0. The fraction of sp³-hybridized carbons (Fsp3) is 0.273. The van der Waals surface area contributed by atoms with Crippen LogP contribution in [0.1, 0.15) is 35.1 Å². The van der Waals surface area contributed by atoms with Crippen molar-refractivity contribution in [2.75, 3.05) is 20.1 Å². The van der Waals surface area contributed by atoms with Gasteiger partial charge in [0.1, 0.15) is 0 Å². The molecule has 4 rings (SSSR count). The number of fused-ring (bicyclic) bond motifs is 2. The molecule has 0 unspecified atom stereocenters. The molecule has 152 valence electrons. The molecule has 1 saturated heterocycles. The molecule has 2 aromatic rings. The van der Waals surface area contributed by atoms with Gasteiger partial charge >= 0.3 is 5.51 Å². The van der Waals surface area contributed by atoms with Gasteiger partial charge in [-0.15, -0.1) is 0 Å². The van der Waals surface area contributed by atoms with Crippen molar-refractivity contribution in [3.63, 3.8) is 0 Å². The van der Waals surface area contributed by atoms with Crippen LogP contribution in [0, 0.1) is 0 Å². The molecule has 0 bridgehead atoms. The predicted molar refractivity (Wildman–Crippen MR) is 108 cm³/mol. The van der Waals surface area contributed by atoms with Gasteiger partial charge in [0.2, 0.25) is 0 Å². The van der Waals surface area contributed by atoms with Gasteiger partial charge in [0.15, 0.2) is 0 Å². The Kier molecular flexibility index (Phi) is 4.91. The van der Waals surface area contributed by atoms with Crippen LogP contribution in [0.4, 0.5) is 13.2 Å². The summed E-state index contributed by atoms with van der Waals surface area (Å²) in [5.41, 5.74) is -0.204. The predicted octanol–water partition coefficient (Wildman–Crippen LogP) is 4.99. The van der Waals surface area contributed by atoms with Crippen molar-refractivity contribution in [1.29, 1.82) is 0 Å². The largest absolute Gasteiger partial charge is 0.501 e. The number of sulfone groups is 1. The molecule has 0 atom stereocenters. The van der Waals surface area contributed by atoms with Crippen molar-refractivity contribution >= 4 is 27.6 Å². The molecule has 0 amide bonds. The third-order valence-corrected chi connectivity index (χ3v) is 7.01. The van der Waals surface area contributed by atoms with Crippen LogP contribution in [0.15, 0.2) is 52.9 Å². The maximum Gasteiger partial charge on any atom is 0.501 e. The number of halogens is 3. The zero-order valence-electron chi connectivity index (χ0n) is 15.8. The molecular weight excluding hydrogens is 399 g/mol. The summed E-state index contributed by atoms with van der Waals surface area (Å²) >= 11 is 0. The average Bonchev–Trinajstić information content (AvgIpc) is 2.84. The van der Waals surface area contributed by atoms with Crippen molar-refractivity contribution in [1.82, 2.24) is 4.90 Å². The fourth-order valence-electron chi connectivity index (χ4n) is 3.91. The zero-order valence-corrected chi connectivity index (χ0v) is 16.6. The maximum atomic E-state index is 13.1. The number of piperidine rings is 1. The van der Waals surface area contributed by atoms with Crippen LogP contribution in [0.5, 0.6) is 0 Å².